The van der Waals surface area contributed by atoms with Crippen LogP contribution in [0.2, 0.25) is 0 Å². The van der Waals surface area contributed by atoms with Gasteiger partial charge < -0.3 is 4.74 Å². The molecular formula is C27H41FN2O. The summed E-state index contributed by atoms with van der Waals surface area (Å²) in [6.07, 6.45) is 17.8. The fraction of sp³-hybridized carbons (Fsp3) is 0.630. The summed E-state index contributed by atoms with van der Waals surface area (Å²) >= 11 is 0. The molecule has 0 aliphatic carbocycles. The van der Waals surface area contributed by atoms with Crippen LogP contribution in [-0.2, 0) is 6.42 Å². The van der Waals surface area contributed by atoms with Gasteiger partial charge in [-0.05, 0) is 61.9 Å². The van der Waals surface area contributed by atoms with Crippen molar-refractivity contribution in [1.82, 2.24) is 9.97 Å². The fourth-order valence-electron chi connectivity index (χ4n) is 3.75. The molecule has 172 valence electrons. The molecular weight excluding hydrogens is 387 g/mol. The molecule has 0 radical (unpaired) electrons. The Kier molecular flexibility index (Phi) is 12.9. The number of unbranched alkanes of at least 4 members (excludes halogenated alkanes) is 7. The highest BCUT2D eigenvalue weighted by molar-refractivity contribution is 5.55. The highest BCUT2D eigenvalue weighted by Gasteiger charge is 2.06. The molecule has 1 aromatic carbocycles. The van der Waals surface area contributed by atoms with E-state index >= 15 is 0 Å². The number of aryl methyl sites for hydroxylation is 1. The molecule has 0 aliphatic heterocycles. The van der Waals surface area contributed by atoms with Crippen molar-refractivity contribution in [2.24, 2.45) is 0 Å². The number of nitrogens with zero attached hydrogens (tertiary/aromatic N) is 2. The van der Waals surface area contributed by atoms with E-state index in [4.69, 9.17) is 4.74 Å². The normalized spacial score (nSPS) is 12.1. The van der Waals surface area contributed by atoms with Crippen molar-refractivity contribution < 1.29 is 9.13 Å². The van der Waals surface area contributed by atoms with Crippen LogP contribution >= 0.6 is 0 Å². The highest BCUT2D eigenvalue weighted by atomic mass is 19.1. The van der Waals surface area contributed by atoms with Crippen molar-refractivity contribution in [2.45, 2.75) is 103 Å². The second kappa shape index (κ2) is 15.8. The van der Waals surface area contributed by atoms with Crippen molar-refractivity contribution in [2.75, 3.05) is 6.61 Å². The molecule has 31 heavy (non-hydrogen) atoms. The number of rotatable bonds is 17. The van der Waals surface area contributed by atoms with Crippen LogP contribution in [0.3, 0.4) is 0 Å². The van der Waals surface area contributed by atoms with Gasteiger partial charge in [-0.3, -0.25) is 0 Å². The Labute approximate surface area is 188 Å². The third kappa shape index (κ3) is 10.8. The number of aromatic nitrogens is 2. The van der Waals surface area contributed by atoms with Gasteiger partial charge in [0, 0.05) is 18.0 Å². The number of hydrogen-bond acceptors (Lipinski definition) is 3. The summed E-state index contributed by atoms with van der Waals surface area (Å²) in [6, 6.07) is 7.84. The van der Waals surface area contributed by atoms with Crippen molar-refractivity contribution in [3.63, 3.8) is 0 Å². The van der Waals surface area contributed by atoms with Crippen LogP contribution in [0.5, 0.6) is 5.75 Å². The summed E-state index contributed by atoms with van der Waals surface area (Å²) in [4.78, 5) is 9.09. The van der Waals surface area contributed by atoms with Crippen molar-refractivity contribution >= 4 is 0 Å². The zero-order valence-corrected chi connectivity index (χ0v) is 19.6. The topological polar surface area (TPSA) is 35.0 Å². The summed E-state index contributed by atoms with van der Waals surface area (Å²) in [5.41, 5.74) is 2.20. The zero-order valence-electron chi connectivity index (χ0n) is 19.6. The van der Waals surface area contributed by atoms with E-state index in [1.54, 1.807) is 0 Å². The van der Waals surface area contributed by atoms with Crippen LogP contribution in [-0.4, -0.2) is 22.7 Å². The van der Waals surface area contributed by atoms with Gasteiger partial charge in [-0.2, -0.15) is 0 Å². The molecule has 0 saturated carbocycles. The molecule has 0 fully saturated rings. The van der Waals surface area contributed by atoms with Crippen molar-refractivity contribution in [3.05, 3.63) is 42.2 Å². The lowest BCUT2D eigenvalue weighted by atomic mass is 10.1. The Balaban J connectivity index is 1.66. The average Bonchev–Trinajstić information content (AvgIpc) is 2.79. The fourth-order valence-corrected chi connectivity index (χ4v) is 3.75. The van der Waals surface area contributed by atoms with Gasteiger partial charge in [-0.15, -0.1) is 0 Å². The standard InChI is InChI=1S/C27H41FN2O/c1-3-5-6-7-8-9-10-11-14-23-21-29-27(30-22-23)24-16-18-26(19-17-24)31-20-12-15-25(28)13-4-2/h16-19,21-22,25H,3-15,20H2,1-2H3/t25-/m1/s1. The van der Waals surface area contributed by atoms with Gasteiger partial charge in [-0.25, -0.2) is 14.4 Å². The van der Waals surface area contributed by atoms with E-state index in [-0.39, 0.29) is 0 Å². The predicted octanol–water partition coefficient (Wildman–Crippen LogP) is 8.12. The molecule has 0 saturated heterocycles. The molecule has 1 aromatic heterocycles. The predicted molar refractivity (Wildman–Crippen MR) is 128 cm³/mol. The Morgan fingerprint density at radius 2 is 1.42 bits per heavy atom. The zero-order chi connectivity index (χ0) is 22.2. The third-order valence-electron chi connectivity index (χ3n) is 5.67. The maximum absolute atomic E-state index is 13.5. The Hall–Kier alpha value is -1.97. The minimum atomic E-state index is -0.702. The van der Waals surface area contributed by atoms with Gasteiger partial charge in [0.05, 0.1) is 6.61 Å². The smallest absolute Gasteiger partial charge is 0.159 e. The van der Waals surface area contributed by atoms with Gasteiger partial charge >= 0.3 is 0 Å². The van der Waals surface area contributed by atoms with Crippen LogP contribution in [0.15, 0.2) is 36.7 Å². The van der Waals surface area contributed by atoms with Gasteiger partial charge in [0.25, 0.3) is 0 Å². The van der Waals surface area contributed by atoms with Crippen LogP contribution < -0.4 is 4.74 Å². The van der Waals surface area contributed by atoms with Crippen LogP contribution in [0.25, 0.3) is 11.4 Å². The van der Waals surface area contributed by atoms with Crippen molar-refractivity contribution in [1.29, 1.82) is 0 Å². The molecule has 0 N–H and O–H groups in total. The largest absolute Gasteiger partial charge is 0.494 e. The minimum absolute atomic E-state index is 0.549. The van der Waals surface area contributed by atoms with E-state index in [0.717, 1.165) is 36.4 Å². The number of benzene rings is 1. The minimum Gasteiger partial charge on any atom is -0.494 e. The van der Waals surface area contributed by atoms with E-state index in [1.165, 1.54) is 56.9 Å². The molecule has 3 nitrogen and oxygen atoms in total. The second-order valence-electron chi connectivity index (χ2n) is 8.54. The molecule has 2 rings (SSSR count). The van der Waals surface area contributed by atoms with Gasteiger partial charge in [-0.1, -0.05) is 65.2 Å². The molecule has 0 aliphatic rings. The molecule has 1 atom stereocenters. The summed E-state index contributed by atoms with van der Waals surface area (Å²) in [5, 5.41) is 0. The van der Waals surface area contributed by atoms with E-state index in [1.807, 2.05) is 43.6 Å². The van der Waals surface area contributed by atoms with Crippen LogP contribution in [0, 0.1) is 0 Å². The molecule has 0 spiro atoms. The van der Waals surface area contributed by atoms with Crippen LogP contribution in [0.1, 0.15) is 96.5 Å². The third-order valence-corrected chi connectivity index (χ3v) is 5.67. The number of ether oxygens (including phenoxy) is 1. The first kappa shape index (κ1) is 25.3. The first-order chi connectivity index (χ1) is 15.2. The SMILES string of the molecule is CCCCCCCCCCc1cnc(-c2ccc(OCCC[C@H](F)CCC)cc2)nc1. The molecule has 1 heterocycles. The quantitative estimate of drug-likeness (QED) is 0.239. The molecule has 0 unspecified atom stereocenters. The van der Waals surface area contributed by atoms with E-state index in [2.05, 4.69) is 16.9 Å². The first-order valence-corrected chi connectivity index (χ1v) is 12.4. The first-order valence-electron chi connectivity index (χ1n) is 12.4. The number of alkyl halides is 1. The molecule has 2 aromatic rings. The monoisotopic (exact) mass is 428 g/mol. The number of halogens is 1. The highest BCUT2D eigenvalue weighted by Crippen LogP contribution is 2.20. The van der Waals surface area contributed by atoms with Gasteiger partial charge in [0.1, 0.15) is 11.9 Å². The summed E-state index contributed by atoms with van der Waals surface area (Å²) in [6.45, 7) is 4.82. The summed E-state index contributed by atoms with van der Waals surface area (Å²) < 4.78 is 19.2. The maximum atomic E-state index is 13.5. The van der Waals surface area contributed by atoms with Crippen molar-refractivity contribution in [3.8, 4) is 17.1 Å². The molecule has 0 bridgehead atoms. The van der Waals surface area contributed by atoms with Gasteiger partial charge in [0.2, 0.25) is 0 Å². The van der Waals surface area contributed by atoms with Gasteiger partial charge in [0.15, 0.2) is 5.82 Å². The Morgan fingerprint density at radius 1 is 0.774 bits per heavy atom. The molecule has 0 amide bonds. The maximum Gasteiger partial charge on any atom is 0.159 e. The summed E-state index contributed by atoms with van der Waals surface area (Å²) in [7, 11) is 0. The van der Waals surface area contributed by atoms with Crippen LogP contribution in [0.4, 0.5) is 4.39 Å². The Bertz CT molecular complexity index is 687. The van der Waals surface area contributed by atoms with E-state index in [0.29, 0.717) is 19.4 Å². The lowest BCUT2D eigenvalue weighted by Crippen LogP contribution is -2.04. The summed E-state index contributed by atoms with van der Waals surface area (Å²) in [5.74, 6) is 1.55. The lowest BCUT2D eigenvalue weighted by molar-refractivity contribution is 0.248. The Morgan fingerprint density at radius 3 is 2.06 bits per heavy atom. The van der Waals surface area contributed by atoms with E-state index < -0.39 is 6.17 Å². The lowest BCUT2D eigenvalue weighted by Gasteiger charge is -2.09. The number of hydrogen-bond donors (Lipinski definition) is 0. The molecule has 4 heteroatoms. The average molecular weight is 429 g/mol. The van der Waals surface area contributed by atoms with E-state index in [9.17, 15) is 4.39 Å². The second-order valence-corrected chi connectivity index (χ2v) is 8.54.